The van der Waals surface area contributed by atoms with Gasteiger partial charge in [-0.2, -0.15) is 0 Å². The fourth-order valence-corrected chi connectivity index (χ4v) is 2.75. The number of methoxy groups -OCH3 is 1. The second kappa shape index (κ2) is 8.13. The first-order valence-electron chi connectivity index (χ1n) is 9.14. The zero-order valence-corrected chi connectivity index (χ0v) is 16.6. The standard InChI is InChI=1S/C23H25N3O2/c1-23(2,3)17-8-10-18(11-9-17)25-21-14-16(12-13-24-21)22(27)26-19-6-5-7-20(15-19)28-4/h5-15H,1-4H3,(H,24,25)(H,26,27). The van der Waals surface area contributed by atoms with Gasteiger partial charge in [0.25, 0.3) is 5.91 Å². The molecule has 0 spiro atoms. The number of carbonyl (C=O) groups excluding carboxylic acids is 1. The molecular formula is C23H25N3O2. The highest BCUT2D eigenvalue weighted by Gasteiger charge is 2.13. The van der Waals surface area contributed by atoms with Gasteiger partial charge in [-0.3, -0.25) is 4.79 Å². The van der Waals surface area contributed by atoms with Gasteiger partial charge in [-0.05, 0) is 47.4 Å². The number of carbonyl (C=O) groups is 1. The molecule has 0 saturated carbocycles. The Morgan fingerprint density at radius 1 is 0.964 bits per heavy atom. The molecule has 0 aliphatic heterocycles. The number of nitrogens with one attached hydrogen (secondary N) is 2. The zero-order chi connectivity index (χ0) is 20.1. The molecule has 2 aromatic carbocycles. The minimum absolute atomic E-state index is 0.106. The predicted octanol–water partition coefficient (Wildman–Crippen LogP) is 5.38. The Hall–Kier alpha value is -3.34. The first-order chi connectivity index (χ1) is 13.3. The van der Waals surface area contributed by atoms with Crippen molar-refractivity contribution in [1.82, 2.24) is 4.98 Å². The summed E-state index contributed by atoms with van der Waals surface area (Å²) in [6.07, 6.45) is 1.62. The van der Waals surface area contributed by atoms with Crippen molar-refractivity contribution in [1.29, 1.82) is 0 Å². The molecule has 1 heterocycles. The fraction of sp³-hybridized carbons (Fsp3) is 0.217. The summed E-state index contributed by atoms with van der Waals surface area (Å²) in [5.74, 6) is 1.09. The van der Waals surface area contributed by atoms with Gasteiger partial charge < -0.3 is 15.4 Å². The Morgan fingerprint density at radius 2 is 1.71 bits per heavy atom. The molecule has 0 fully saturated rings. The van der Waals surface area contributed by atoms with Crippen molar-refractivity contribution >= 4 is 23.1 Å². The lowest BCUT2D eigenvalue weighted by Gasteiger charge is -2.19. The summed E-state index contributed by atoms with van der Waals surface area (Å²) in [6, 6.07) is 18.9. The van der Waals surface area contributed by atoms with Crippen LogP contribution in [-0.4, -0.2) is 18.0 Å². The number of rotatable bonds is 5. The Kier molecular flexibility index (Phi) is 5.64. The number of anilines is 3. The van der Waals surface area contributed by atoms with Gasteiger partial charge in [-0.15, -0.1) is 0 Å². The van der Waals surface area contributed by atoms with E-state index in [2.05, 4.69) is 48.5 Å². The first kappa shape index (κ1) is 19.4. The maximum absolute atomic E-state index is 12.6. The second-order valence-electron chi connectivity index (χ2n) is 7.57. The lowest BCUT2D eigenvalue weighted by atomic mass is 9.87. The van der Waals surface area contributed by atoms with E-state index < -0.39 is 0 Å². The van der Waals surface area contributed by atoms with Gasteiger partial charge in [0.05, 0.1) is 7.11 Å². The average molecular weight is 375 g/mol. The molecular weight excluding hydrogens is 350 g/mol. The lowest BCUT2D eigenvalue weighted by molar-refractivity contribution is 0.102. The first-order valence-corrected chi connectivity index (χ1v) is 9.14. The molecule has 5 nitrogen and oxygen atoms in total. The largest absolute Gasteiger partial charge is 0.497 e. The molecule has 144 valence electrons. The molecule has 0 bridgehead atoms. The van der Waals surface area contributed by atoms with Gasteiger partial charge in [0.15, 0.2) is 0 Å². The van der Waals surface area contributed by atoms with Crippen molar-refractivity contribution < 1.29 is 9.53 Å². The van der Waals surface area contributed by atoms with E-state index in [4.69, 9.17) is 4.74 Å². The van der Waals surface area contributed by atoms with Gasteiger partial charge in [0.2, 0.25) is 0 Å². The fourth-order valence-electron chi connectivity index (χ4n) is 2.75. The van der Waals surface area contributed by atoms with Crippen LogP contribution in [0.1, 0.15) is 36.7 Å². The third-order valence-electron chi connectivity index (χ3n) is 4.37. The summed E-state index contributed by atoms with van der Waals surface area (Å²) in [5.41, 5.74) is 3.48. The molecule has 2 N–H and O–H groups in total. The van der Waals surface area contributed by atoms with Gasteiger partial charge >= 0.3 is 0 Å². The van der Waals surface area contributed by atoms with Crippen molar-refractivity contribution in [2.45, 2.75) is 26.2 Å². The van der Waals surface area contributed by atoms with Crippen LogP contribution in [0.25, 0.3) is 0 Å². The smallest absolute Gasteiger partial charge is 0.255 e. The number of hydrogen-bond donors (Lipinski definition) is 2. The molecule has 0 radical (unpaired) electrons. The van der Waals surface area contributed by atoms with Gasteiger partial charge in [-0.25, -0.2) is 4.98 Å². The number of aromatic nitrogens is 1. The third-order valence-corrected chi connectivity index (χ3v) is 4.37. The van der Waals surface area contributed by atoms with Crippen molar-refractivity contribution in [3.8, 4) is 5.75 Å². The topological polar surface area (TPSA) is 63.2 Å². The average Bonchev–Trinajstić information content (AvgIpc) is 2.68. The molecule has 3 aromatic rings. The number of pyridine rings is 1. The highest BCUT2D eigenvalue weighted by Crippen LogP contribution is 2.25. The Labute approximate surface area is 165 Å². The van der Waals surface area contributed by atoms with Crippen molar-refractivity contribution in [2.75, 3.05) is 17.7 Å². The Bertz CT molecular complexity index is 960. The van der Waals surface area contributed by atoms with Crippen LogP contribution in [0.2, 0.25) is 0 Å². The third kappa shape index (κ3) is 4.88. The van der Waals surface area contributed by atoms with E-state index in [0.717, 1.165) is 5.69 Å². The summed E-state index contributed by atoms with van der Waals surface area (Å²) in [7, 11) is 1.59. The zero-order valence-electron chi connectivity index (χ0n) is 16.6. The van der Waals surface area contributed by atoms with Crippen molar-refractivity contribution in [3.63, 3.8) is 0 Å². The molecule has 28 heavy (non-hydrogen) atoms. The summed E-state index contributed by atoms with van der Waals surface area (Å²) in [4.78, 5) is 16.9. The molecule has 0 aliphatic carbocycles. The number of benzene rings is 2. The van der Waals surface area contributed by atoms with E-state index >= 15 is 0 Å². The molecule has 0 atom stereocenters. The SMILES string of the molecule is COc1cccc(NC(=O)c2ccnc(Nc3ccc(C(C)(C)C)cc3)c2)c1. The van der Waals surface area contributed by atoms with Crippen LogP contribution in [0, 0.1) is 0 Å². The summed E-state index contributed by atoms with van der Waals surface area (Å²) < 4.78 is 5.19. The minimum Gasteiger partial charge on any atom is -0.497 e. The van der Waals surface area contributed by atoms with Crippen molar-refractivity contribution in [3.05, 3.63) is 78.0 Å². The maximum atomic E-state index is 12.6. The molecule has 0 unspecified atom stereocenters. The van der Waals surface area contributed by atoms with Gasteiger partial charge in [0.1, 0.15) is 11.6 Å². The van der Waals surface area contributed by atoms with Crippen LogP contribution in [0.4, 0.5) is 17.2 Å². The highest BCUT2D eigenvalue weighted by atomic mass is 16.5. The van der Waals surface area contributed by atoms with E-state index in [1.807, 2.05) is 30.3 Å². The van der Waals surface area contributed by atoms with Crippen LogP contribution < -0.4 is 15.4 Å². The normalized spacial score (nSPS) is 11.0. The highest BCUT2D eigenvalue weighted by molar-refractivity contribution is 6.04. The van der Waals surface area contributed by atoms with E-state index in [0.29, 0.717) is 22.8 Å². The van der Waals surface area contributed by atoms with Crippen LogP contribution in [-0.2, 0) is 5.41 Å². The monoisotopic (exact) mass is 375 g/mol. The summed E-state index contributed by atoms with van der Waals surface area (Å²) in [5, 5.41) is 6.12. The lowest BCUT2D eigenvalue weighted by Crippen LogP contribution is -2.12. The number of ether oxygens (including phenoxy) is 1. The second-order valence-corrected chi connectivity index (χ2v) is 7.57. The molecule has 5 heteroatoms. The van der Waals surface area contributed by atoms with Gasteiger partial charge in [0, 0.05) is 29.2 Å². The Balaban J connectivity index is 1.72. The maximum Gasteiger partial charge on any atom is 0.255 e. The number of nitrogens with zero attached hydrogens (tertiary/aromatic N) is 1. The predicted molar refractivity (Wildman–Crippen MR) is 114 cm³/mol. The quantitative estimate of drug-likeness (QED) is 0.628. The van der Waals surface area contributed by atoms with E-state index in [1.54, 1.807) is 31.5 Å². The molecule has 0 aliphatic rings. The number of amides is 1. The molecule has 0 saturated heterocycles. The van der Waals surface area contributed by atoms with E-state index in [1.165, 1.54) is 5.56 Å². The molecule has 1 aromatic heterocycles. The van der Waals surface area contributed by atoms with E-state index in [9.17, 15) is 4.79 Å². The molecule has 3 rings (SSSR count). The Morgan fingerprint density at radius 3 is 2.39 bits per heavy atom. The van der Waals surface area contributed by atoms with E-state index in [-0.39, 0.29) is 11.3 Å². The summed E-state index contributed by atoms with van der Waals surface area (Å²) in [6.45, 7) is 6.55. The van der Waals surface area contributed by atoms with Crippen LogP contribution in [0.15, 0.2) is 66.9 Å². The van der Waals surface area contributed by atoms with Crippen molar-refractivity contribution in [2.24, 2.45) is 0 Å². The summed E-state index contributed by atoms with van der Waals surface area (Å²) >= 11 is 0. The van der Waals surface area contributed by atoms with Crippen LogP contribution in [0.5, 0.6) is 5.75 Å². The molecule has 1 amide bonds. The van der Waals surface area contributed by atoms with Crippen LogP contribution >= 0.6 is 0 Å². The van der Waals surface area contributed by atoms with Crippen LogP contribution in [0.3, 0.4) is 0 Å². The number of hydrogen-bond acceptors (Lipinski definition) is 4. The minimum atomic E-state index is -0.207. The van der Waals surface area contributed by atoms with Gasteiger partial charge in [-0.1, -0.05) is 39.0 Å².